The van der Waals surface area contributed by atoms with Gasteiger partial charge in [0.1, 0.15) is 11.5 Å². The Morgan fingerprint density at radius 3 is 2.50 bits per heavy atom. The van der Waals surface area contributed by atoms with Crippen LogP contribution in [0.4, 0.5) is 0 Å². The predicted molar refractivity (Wildman–Crippen MR) is 75.3 cm³/mol. The molecule has 0 aromatic heterocycles. The number of ether oxygens (including phenoxy) is 1. The van der Waals surface area contributed by atoms with Crippen molar-refractivity contribution in [2.75, 3.05) is 0 Å². The van der Waals surface area contributed by atoms with Gasteiger partial charge in [-0.15, -0.1) is 0 Å². The summed E-state index contributed by atoms with van der Waals surface area (Å²) < 4.78 is 5.90. The minimum atomic E-state index is 0.428. The maximum atomic E-state index is 5.98. The lowest BCUT2D eigenvalue weighted by Gasteiger charge is -2.12. The molecule has 0 aliphatic carbocycles. The third-order valence-corrected chi connectivity index (χ3v) is 3.03. The Hall–Kier alpha value is -1.51. The van der Waals surface area contributed by atoms with Crippen LogP contribution in [0.25, 0.3) is 0 Å². The van der Waals surface area contributed by atoms with Gasteiger partial charge in [-0.3, -0.25) is 0 Å². The van der Waals surface area contributed by atoms with E-state index in [1.165, 1.54) is 5.56 Å². The summed E-state index contributed by atoms with van der Waals surface area (Å²) in [7, 11) is 0. The summed E-state index contributed by atoms with van der Waals surface area (Å²) in [5.74, 6) is 1.55. The number of nitrogens with two attached hydrogens (primary N) is 1. The first kappa shape index (κ1) is 12.9. The molecule has 2 aromatic carbocycles. The Morgan fingerprint density at radius 2 is 1.83 bits per heavy atom. The first-order chi connectivity index (χ1) is 8.60. The highest BCUT2D eigenvalue weighted by molar-refractivity contribution is 6.30. The van der Waals surface area contributed by atoms with Crippen molar-refractivity contribution in [3.63, 3.8) is 0 Å². The number of hydrogen-bond acceptors (Lipinski definition) is 2. The highest BCUT2D eigenvalue weighted by Gasteiger charge is 2.07. The first-order valence-electron chi connectivity index (χ1n) is 5.84. The molecule has 3 heteroatoms. The van der Waals surface area contributed by atoms with Gasteiger partial charge in [0, 0.05) is 17.1 Å². The van der Waals surface area contributed by atoms with Gasteiger partial charge in [-0.25, -0.2) is 0 Å². The zero-order chi connectivity index (χ0) is 13.1. The van der Waals surface area contributed by atoms with Crippen LogP contribution in [-0.2, 0) is 6.54 Å². The number of benzene rings is 2. The fraction of sp³-hybridized carbons (Fsp3) is 0.200. The van der Waals surface area contributed by atoms with Gasteiger partial charge in [0.05, 0.1) is 0 Å². The topological polar surface area (TPSA) is 35.2 Å². The van der Waals surface area contributed by atoms with Crippen LogP contribution in [0.15, 0.2) is 36.4 Å². The van der Waals surface area contributed by atoms with Crippen LogP contribution in [0.2, 0.25) is 5.02 Å². The lowest BCUT2D eigenvalue weighted by atomic mass is 10.1. The second kappa shape index (κ2) is 5.42. The largest absolute Gasteiger partial charge is 0.457 e. The molecule has 2 rings (SSSR count). The van der Waals surface area contributed by atoms with Crippen molar-refractivity contribution >= 4 is 11.6 Å². The summed E-state index contributed by atoms with van der Waals surface area (Å²) in [4.78, 5) is 0. The standard InChI is InChI=1S/C15H16ClNO/c1-10-3-6-14(11(2)7-10)18-15-8-13(16)5-4-12(15)9-17/h3-8H,9,17H2,1-2H3. The molecule has 0 aliphatic heterocycles. The first-order valence-corrected chi connectivity index (χ1v) is 6.21. The fourth-order valence-electron chi connectivity index (χ4n) is 1.82. The van der Waals surface area contributed by atoms with E-state index in [9.17, 15) is 0 Å². The highest BCUT2D eigenvalue weighted by atomic mass is 35.5. The Morgan fingerprint density at radius 1 is 1.06 bits per heavy atom. The van der Waals surface area contributed by atoms with E-state index in [4.69, 9.17) is 22.1 Å². The lowest BCUT2D eigenvalue weighted by Crippen LogP contribution is -2.00. The number of halogens is 1. The minimum Gasteiger partial charge on any atom is -0.457 e. The molecule has 0 amide bonds. The second-order valence-electron chi connectivity index (χ2n) is 4.33. The van der Waals surface area contributed by atoms with E-state index in [-0.39, 0.29) is 0 Å². The molecule has 0 radical (unpaired) electrons. The van der Waals surface area contributed by atoms with E-state index in [0.717, 1.165) is 22.6 Å². The van der Waals surface area contributed by atoms with E-state index in [1.54, 1.807) is 6.07 Å². The Bertz CT molecular complexity index is 566. The average molecular weight is 262 g/mol. The smallest absolute Gasteiger partial charge is 0.133 e. The average Bonchev–Trinajstić information content (AvgIpc) is 2.33. The molecule has 0 unspecified atom stereocenters. The summed E-state index contributed by atoms with van der Waals surface area (Å²) >= 11 is 5.98. The molecule has 0 atom stereocenters. The normalized spacial score (nSPS) is 10.4. The predicted octanol–water partition coefficient (Wildman–Crippen LogP) is 4.21. The summed E-state index contributed by atoms with van der Waals surface area (Å²) in [5.41, 5.74) is 8.95. The maximum Gasteiger partial charge on any atom is 0.133 e. The van der Waals surface area contributed by atoms with Gasteiger partial charge in [-0.2, -0.15) is 0 Å². The van der Waals surface area contributed by atoms with Gasteiger partial charge >= 0.3 is 0 Å². The van der Waals surface area contributed by atoms with Crippen LogP contribution in [0.5, 0.6) is 11.5 Å². The van der Waals surface area contributed by atoms with Crippen LogP contribution < -0.4 is 10.5 Å². The fourth-order valence-corrected chi connectivity index (χ4v) is 1.99. The van der Waals surface area contributed by atoms with Crippen LogP contribution in [0, 0.1) is 13.8 Å². The molecule has 2 aromatic rings. The molecule has 0 fully saturated rings. The highest BCUT2D eigenvalue weighted by Crippen LogP contribution is 2.30. The van der Waals surface area contributed by atoms with Crippen molar-refractivity contribution in [1.82, 2.24) is 0 Å². The van der Waals surface area contributed by atoms with Gasteiger partial charge in [0.2, 0.25) is 0 Å². The van der Waals surface area contributed by atoms with E-state index in [0.29, 0.717) is 11.6 Å². The van der Waals surface area contributed by atoms with Gasteiger partial charge < -0.3 is 10.5 Å². The zero-order valence-corrected chi connectivity index (χ0v) is 11.3. The summed E-state index contributed by atoms with van der Waals surface area (Å²) in [6.45, 7) is 4.51. The van der Waals surface area contributed by atoms with Gasteiger partial charge in [-0.1, -0.05) is 35.4 Å². The molecule has 94 valence electrons. The molecule has 0 heterocycles. The van der Waals surface area contributed by atoms with Crippen LogP contribution in [-0.4, -0.2) is 0 Å². The second-order valence-corrected chi connectivity index (χ2v) is 4.76. The third-order valence-electron chi connectivity index (χ3n) is 2.80. The van der Waals surface area contributed by atoms with Crippen LogP contribution in [0.3, 0.4) is 0 Å². The molecule has 0 aliphatic rings. The van der Waals surface area contributed by atoms with Crippen molar-refractivity contribution in [3.8, 4) is 11.5 Å². The quantitative estimate of drug-likeness (QED) is 0.898. The molecule has 0 bridgehead atoms. The Labute approximate surface area is 112 Å². The number of rotatable bonds is 3. The van der Waals surface area contributed by atoms with Crippen molar-refractivity contribution in [1.29, 1.82) is 0 Å². The number of aryl methyl sites for hydroxylation is 2. The van der Waals surface area contributed by atoms with Crippen molar-refractivity contribution in [2.45, 2.75) is 20.4 Å². The third kappa shape index (κ3) is 2.84. The molecule has 18 heavy (non-hydrogen) atoms. The van der Waals surface area contributed by atoms with E-state index >= 15 is 0 Å². The van der Waals surface area contributed by atoms with Crippen LogP contribution in [0.1, 0.15) is 16.7 Å². The van der Waals surface area contributed by atoms with Crippen LogP contribution >= 0.6 is 11.6 Å². The van der Waals surface area contributed by atoms with Crippen molar-refractivity contribution in [2.24, 2.45) is 5.73 Å². The Kier molecular flexibility index (Phi) is 3.90. The molecule has 0 saturated heterocycles. The monoisotopic (exact) mass is 261 g/mol. The number of hydrogen-bond donors (Lipinski definition) is 1. The molecular formula is C15H16ClNO. The summed E-state index contributed by atoms with van der Waals surface area (Å²) in [5, 5.41) is 0.645. The van der Waals surface area contributed by atoms with Gasteiger partial charge in [0.15, 0.2) is 0 Å². The molecule has 2 nitrogen and oxygen atoms in total. The van der Waals surface area contributed by atoms with E-state index < -0.39 is 0 Å². The molecule has 0 spiro atoms. The van der Waals surface area contributed by atoms with E-state index in [1.807, 2.05) is 31.2 Å². The lowest BCUT2D eigenvalue weighted by molar-refractivity contribution is 0.472. The summed E-state index contributed by atoms with van der Waals surface area (Å²) in [6, 6.07) is 11.6. The zero-order valence-electron chi connectivity index (χ0n) is 10.5. The van der Waals surface area contributed by atoms with E-state index in [2.05, 4.69) is 13.0 Å². The minimum absolute atomic E-state index is 0.428. The van der Waals surface area contributed by atoms with Gasteiger partial charge in [0.25, 0.3) is 0 Å². The van der Waals surface area contributed by atoms with Crippen molar-refractivity contribution < 1.29 is 4.74 Å². The Balaban J connectivity index is 2.36. The van der Waals surface area contributed by atoms with Crippen molar-refractivity contribution in [3.05, 3.63) is 58.1 Å². The molecular weight excluding hydrogens is 246 g/mol. The molecule has 2 N–H and O–H groups in total. The molecule has 0 saturated carbocycles. The summed E-state index contributed by atoms with van der Waals surface area (Å²) in [6.07, 6.45) is 0. The van der Waals surface area contributed by atoms with Gasteiger partial charge in [-0.05, 0) is 37.6 Å². The SMILES string of the molecule is Cc1ccc(Oc2cc(Cl)ccc2CN)c(C)c1. The maximum absolute atomic E-state index is 5.98.